The van der Waals surface area contributed by atoms with Crippen molar-refractivity contribution in [2.75, 3.05) is 11.9 Å². The van der Waals surface area contributed by atoms with E-state index in [4.69, 9.17) is 5.26 Å². The van der Waals surface area contributed by atoms with Crippen molar-refractivity contribution >= 4 is 11.6 Å². The molecule has 0 spiro atoms. The summed E-state index contributed by atoms with van der Waals surface area (Å²) in [5.41, 5.74) is 0.446. The molecule has 0 saturated heterocycles. The maximum atomic E-state index is 12.9. The molecular formula is C11H11FN2O. The summed E-state index contributed by atoms with van der Waals surface area (Å²) in [7, 11) is 1.52. The third kappa shape index (κ3) is 2.53. The van der Waals surface area contributed by atoms with Crippen LogP contribution in [-0.4, -0.2) is 13.0 Å². The molecule has 0 fully saturated rings. The number of rotatable bonds is 2. The molecule has 4 heteroatoms. The molecule has 1 rings (SSSR count). The lowest BCUT2D eigenvalue weighted by molar-refractivity contribution is -0.120. The molecule has 0 saturated carbocycles. The number of nitrogens with zero attached hydrogens (tertiary/aromatic N) is 2. The number of amides is 1. The van der Waals surface area contributed by atoms with E-state index < -0.39 is 11.7 Å². The summed E-state index contributed by atoms with van der Waals surface area (Å²) in [6, 6.07) is 7.53. The number of anilines is 1. The van der Waals surface area contributed by atoms with Crippen LogP contribution < -0.4 is 4.90 Å². The zero-order chi connectivity index (χ0) is 11.4. The predicted molar refractivity (Wildman–Crippen MR) is 54.6 cm³/mol. The minimum atomic E-state index is -0.724. The molecule has 78 valence electrons. The van der Waals surface area contributed by atoms with Crippen LogP contribution in [0.1, 0.15) is 6.92 Å². The van der Waals surface area contributed by atoms with Crippen molar-refractivity contribution in [1.29, 1.82) is 5.26 Å². The van der Waals surface area contributed by atoms with Gasteiger partial charge in [-0.1, -0.05) is 6.07 Å². The van der Waals surface area contributed by atoms with Gasteiger partial charge >= 0.3 is 0 Å². The minimum Gasteiger partial charge on any atom is -0.314 e. The van der Waals surface area contributed by atoms with Gasteiger partial charge in [0.15, 0.2) is 0 Å². The van der Waals surface area contributed by atoms with Gasteiger partial charge in [-0.25, -0.2) is 4.39 Å². The number of hydrogen-bond donors (Lipinski definition) is 0. The Balaban J connectivity index is 2.91. The smallest absolute Gasteiger partial charge is 0.243 e. The van der Waals surface area contributed by atoms with Gasteiger partial charge in [0.05, 0.1) is 6.07 Å². The van der Waals surface area contributed by atoms with Crippen LogP contribution in [0.5, 0.6) is 0 Å². The molecule has 0 N–H and O–H groups in total. The number of benzene rings is 1. The normalized spacial score (nSPS) is 11.6. The van der Waals surface area contributed by atoms with Crippen LogP contribution in [0, 0.1) is 23.1 Å². The Labute approximate surface area is 87.7 Å². The first-order valence-corrected chi connectivity index (χ1v) is 4.49. The van der Waals surface area contributed by atoms with Crippen LogP contribution >= 0.6 is 0 Å². The van der Waals surface area contributed by atoms with E-state index in [1.54, 1.807) is 6.07 Å². The van der Waals surface area contributed by atoms with Gasteiger partial charge in [-0.05, 0) is 25.1 Å². The lowest BCUT2D eigenvalue weighted by Crippen LogP contribution is -2.30. The molecule has 15 heavy (non-hydrogen) atoms. The van der Waals surface area contributed by atoms with Crippen LogP contribution in [0.15, 0.2) is 24.3 Å². The highest BCUT2D eigenvalue weighted by atomic mass is 19.1. The van der Waals surface area contributed by atoms with Crippen LogP contribution in [-0.2, 0) is 4.79 Å². The highest BCUT2D eigenvalue weighted by Gasteiger charge is 2.18. The van der Waals surface area contributed by atoms with Crippen molar-refractivity contribution < 1.29 is 9.18 Å². The molecule has 1 unspecified atom stereocenters. The zero-order valence-electron chi connectivity index (χ0n) is 8.57. The third-order valence-electron chi connectivity index (χ3n) is 2.09. The molecule has 1 amide bonds. The largest absolute Gasteiger partial charge is 0.314 e. The second kappa shape index (κ2) is 4.56. The molecule has 0 radical (unpaired) electrons. The Morgan fingerprint density at radius 3 is 2.80 bits per heavy atom. The van der Waals surface area contributed by atoms with Gasteiger partial charge in [-0.3, -0.25) is 4.79 Å². The minimum absolute atomic E-state index is 0.344. The summed E-state index contributed by atoms with van der Waals surface area (Å²) < 4.78 is 12.9. The Hall–Kier alpha value is -1.89. The Kier molecular flexibility index (Phi) is 3.40. The van der Waals surface area contributed by atoms with Gasteiger partial charge in [0.2, 0.25) is 5.91 Å². The number of carbonyl (C=O) groups is 1. The van der Waals surface area contributed by atoms with Gasteiger partial charge in [-0.15, -0.1) is 0 Å². The Morgan fingerprint density at radius 1 is 1.60 bits per heavy atom. The molecule has 1 aromatic rings. The standard InChI is InChI=1S/C11H11FN2O/c1-8(7-13)11(15)14(2)10-5-3-4-9(12)6-10/h3-6,8H,1-2H3. The fourth-order valence-electron chi connectivity index (χ4n) is 1.16. The van der Waals surface area contributed by atoms with E-state index in [0.29, 0.717) is 5.69 Å². The monoisotopic (exact) mass is 206 g/mol. The van der Waals surface area contributed by atoms with Gasteiger partial charge < -0.3 is 4.90 Å². The van der Waals surface area contributed by atoms with Crippen LogP contribution in [0.2, 0.25) is 0 Å². The quantitative estimate of drug-likeness (QED) is 0.742. The van der Waals surface area contributed by atoms with Crippen LogP contribution in [0.25, 0.3) is 0 Å². The summed E-state index contributed by atoms with van der Waals surface area (Å²) in [4.78, 5) is 12.8. The predicted octanol–water partition coefficient (Wildman–Crippen LogP) is 1.95. The molecule has 3 nitrogen and oxygen atoms in total. The van der Waals surface area contributed by atoms with Crippen molar-refractivity contribution in [2.45, 2.75) is 6.92 Å². The van der Waals surface area contributed by atoms with Crippen LogP contribution in [0.4, 0.5) is 10.1 Å². The average molecular weight is 206 g/mol. The number of carbonyl (C=O) groups excluding carboxylic acids is 1. The molecule has 1 aromatic carbocycles. The summed E-state index contributed by atoms with van der Waals surface area (Å²) in [5.74, 6) is -1.47. The Bertz CT molecular complexity index is 411. The van der Waals surface area contributed by atoms with Crippen molar-refractivity contribution in [3.05, 3.63) is 30.1 Å². The summed E-state index contributed by atoms with van der Waals surface area (Å²) in [5, 5.41) is 8.58. The molecule has 0 aliphatic heterocycles. The van der Waals surface area contributed by atoms with Gasteiger partial charge in [-0.2, -0.15) is 5.26 Å². The van der Waals surface area contributed by atoms with Crippen LogP contribution in [0.3, 0.4) is 0 Å². The fourth-order valence-corrected chi connectivity index (χ4v) is 1.16. The molecule has 0 heterocycles. The van der Waals surface area contributed by atoms with Gasteiger partial charge in [0.25, 0.3) is 0 Å². The summed E-state index contributed by atoms with van der Waals surface area (Å²) in [6.45, 7) is 1.51. The molecule has 0 aliphatic carbocycles. The van der Waals surface area contributed by atoms with Crippen molar-refractivity contribution in [2.24, 2.45) is 5.92 Å². The molecule has 0 aromatic heterocycles. The van der Waals surface area contributed by atoms with E-state index in [0.717, 1.165) is 0 Å². The summed E-state index contributed by atoms with van der Waals surface area (Å²) >= 11 is 0. The maximum absolute atomic E-state index is 12.9. The summed E-state index contributed by atoms with van der Waals surface area (Å²) in [6.07, 6.45) is 0. The Morgan fingerprint density at radius 2 is 2.27 bits per heavy atom. The van der Waals surface area contributed by atoms with E-state index in [9.17, 15) is 9.18 Å². The third-order valence-corrected chi connectivity index (χ3v) is 2.09. The molecule has 0 bridgehead atoms. The first-order valence-electron chi connectivity index (χ1n) is 4.49. The average Bonchev–Trinajstić information content (AvgIpc) is 2.26. The van der Waals surface area contributed by atoms with E-state index in [-0.39, 0.29) is 5.91 Å². The second-order valence-corrected chi connectivity index (χ2v) is 3.23. The van der Waals surface area contributed by atoms with Crippen molar-refractivity contribution in [3.63, 3.8) is 0 Å². The van der Waals surface area contributed by atoms with E-state index in [2.05, 4.69) is 0 Å². The topological polar surface area (TPSA) is 44.1 Å². The van der Waals surface area contributed by atoms with E-state index >= 15 is 0 Å². The van der Waals surface area contributed by atoms with Gasteiger partial charge in [0.1, 0.15) is 11.7 Å². The lowest BCUT2D eigenvalue weighted by Gasteiger charge is -2.18. The maximum Gasteiger partial charge on any atom is 0.243 e. The molecule has 1 atom stereocenters. The zero-order valence-corrected chi connectivity index (χ0v) is 8.57. The molecule has 0 aliphatic rings. The number of hydrogen-bond acceptors (Lipinski definition) is 2. The van der Waals surface area contributed by atoms with Crippen molar-refractivity contribution in [3.8, 4) is 6.07 Å². The molecular weight excluding hydrogens is 195 g/mol. The van der Waals surface area contributed by atoms with E-state index in [1.807, 2.05) is 6.07 Å². The van der Waals surface area contributed by atoms with E-state index in [1.165, 1.54) is 37.1 Å². The van der Waals surface area contributed by atoms with Crippen molar-refractivity contribution in [1.82, 2.24) is 0 Å². The number of halogens is 1. The highest BCUT2D eigenvalue weighted by Crippen LogP contribution is 2.15. The fraction of sp³-hybridized carbons (Fsp3) is 0.273. The number of nitriles is 1. The second-order valence-electron chi connectivity index (χ2n) is 3.23. The highest BCUT2D eigenvalue weighted by molar-refractivity contribution is 5.95. The first kappa shape index (κ1) is 11.2. The van der Waals surface area contributed by atoms with Gasteiger partial charge in [0, 0.05) is 12.7 Å². The first-order chi connectivity index (χ1) is 7.06. The lowest BCUT2D eigenvalue weighted by atomic mass is 10.1. The SMILES string of the molecule is CC(C#N)C(=O)N(C)c1cccc(F)c1.